The van der Waals surface area contributed by atoms with Crippen molar-refractivity contribution in [2.24, 2.45) is 0 Å². The normalized spacial score (nSPS) is 10.8. The van der Waals surface area contributed by atoms with Crippen LogP contribution < -0.4 is 4.74 Å². The van der Waals surface area contributed by atoms with Crippen LogP contribution >= 0.6 is 0 Å². The fraction of sp³-hybridized carbons (Fsp3) is 0.385. The van der Waals surface area contributed by atoms with Crippen molar-refractivity contribution in [2.75, 3.05) is 12.8 Å². The zero-order chi connectivity index (χ0) is 13.6. The zero-order valence-electron chi connectivity index (χ0n) is 11.1. The van der Waals surface area contributed by atoms with Crippen molar-refractivity contribution in [2.45, 2.75) is 20.0 Å². The largest absolute Gasteiger partial charge is 0.495 e. The highest BCUT2D eigenvalue weighted by atomic mass is 28.3. The Balaban J connectivity index is 2.71. The molecule has 1 rings (SSSR count). The smallest absolute Gasteiger partial charge is 0.339 e. The molecule has 0 spiro atoms. The van der Waals surface area contributed by atoms with Gasteiger partial charge in [0.05, 0.1) is 24.6 Å². The Bertz CT molecular complexity index is 432. The first-order valence-electron chi connectivity index (χ1n) is 5.87. The van der Waals surface area contributed by atoms with Gasteiger partial charge in [0.25, 0.3) is 0 Å². The topological polar surface area (TPSA) is 48.4 Å². The predicted octanol–water partition coefficient (Wildman–Crippen LogP) is 2.61. The molecule has 0 radical (unpaired) electrons. The minimum atomic E-state index is -1.52. The van der Waals surface area contributed by atoms with Crippen LogP contribution in [0.25, 0.3) is 0 Å². The molecule has 1 aromatic rings. The van der Waals surface area contributed by atoms with E-state index in [0.29, 0.717) is 24.2 Å². The molecule has 0 fully saturated rings. The van der Waals surface area contributed by atoms with E-state index in [1.165, 1.54) is 6.20 Å². The lowest BCUT2D eigenvalue weighted by Crippen LogP contribution is -2.32. The molecule has 0 atom stereocenters. The van der Waals surface area contributed by atoms with Crippen molar-refractivity contribution in [3.8, 4) is 5.75 Å². The Labute approximate surface area is 109 Å². The third-order valence-electron chi connectivity index (χ3n) is 2.39. The second-order valence-electron chi connectivity index (χ2n) is 4.61. The predicted molar refractivity (Wildman–Crippen MR) is 73.4 cm³/mol. The van der Waals surface area contributed by atoms with Crippen LogP contribution in [0.15, 0.2) is 30.7 Å². The fourth-order valence-electron chi connectivity index (χ4n) is 1.15. The van der Waals surface area contributed by atoms with Crippen LogP contribution in [0.1, 0.15) is 17.3 Å². The van der Waals surface area contributed by atoms with Gasteiger partial charge < -0.3 is 9.47 Å². The zero-order valence-corrected chi connectivity index (χ0v) is 12.1. The van der Waals surface area contributed by atoms with Crippen LogP contribution in [-0.4, -0.2) is 31.9 Å². The molecule has 0 aliphatic rings. The SMILES string of the molecule is C=C[Si](C)(C)COc1cncc(C(=O)OCC)c1. The highest BCUT2D eigenvalue weighted by Crippen LogP contribution is 2.14. The second kappa shape index (κ2) is 6.35. The van der Waals surface area contributed by atoms with Gasteiger partial charge in [-0.3, -0.25) is 4.98 Å². The molecule has 1 heterocycles. The molecule has 0 bridgehead atoms. The van der Waals surface area contributed by atoms with Gasteiger partial charge in [-0.05, 0) is 13.0 Å². The maximum Gasteiger partial charge on any atom is 0.339 e. The van der Waals surface area contributed by atoms with Crippen LogP contribution in [0.4, 0.5) is 0 Å². The molecule has 1 aromatic heterocycles. The van der Waals surface area contributed by atoms with Gasteiger partial charge in [0.1, 0.15) is 13.8 Å². The lowest BCUT2D eigenvalue weighted by atomic mass is 10.3. The molecule has 0 unspecified atom stereocenters. The van der Waals surface area contributed by atoms with Crippen LogP contribution in [0.2, 0.25) is 13.1 Å². The molecule has 0 saturated heterocycles. The van der Waals surface area contributed by atoms with E-state index in [0.717, 1.165) is 0 Å². The van der Waals surface area contributed by atoms with Crippen LogP contribution in [0.3, 0.4) is 0 Å². The molecule has 0 amide bonds. The van der Waals surface area contributed by atoms with Crippen LogP contribution in [0, 0.1) is 0 Å². The molecule has 18 heavy (non-hydrogen) atoms. The van der Waals surface area contributed by atoms with Crippen molar-refractivity contribution < 1.29 is 14.3 Å². The maximum atomic E-state index is 11.5. The van der Waals surface area contributed by atoms with Crippen LogP contribution in [0.5, 0.6) is 5.75 Å². The maximum absolute atomic E-state index is 11.5. The van der Waals surface area contributed by atoms with Gasteiger partial charge in [-0.1, -0.05) is 18.8 Å². The summed E-state index contributed by atoms with van der Waals surface area (Å²) in [6.07, 6.45) is 3.68. The van der Waals surface area contributed by atoms with Gasteiger partial charge in [0.15, 0.2) is 0 Å². The molecule has 0 aromatic carbocycles. The highest BCUT2D eigenvalue weighted by Gasteiger charge is 2.17. The molecule has 5 heteroatoms. The number of carbonyl (C=O) groups excluding carboxylic acids is 1. The van der Waals surface area contributed by atoms with E-state index in [2.05, 4.69) is 24.7 Å². The molecule has 4 nitrogen and oxygen atoms in total. The number of rotatable bonds is 6. The van der Waals surface area contributed by atoms with E-state index in [1.807, 2.05) is 5.70 Å². The van der Waals surface area contributed by atoms with E-state index < -0.39 is 8.07 Å². The van der Waals surface area contributed by atoms with Crippen molar-refractivity contribution >= 4 is 14.0 Å². The van der Waals surface area contributed by atoms with Gasteiger partial charge in [0.2, 0.25) is 0 Å². The summed E-state index contributed by atoms with van der Waals surface area (Å²) < 4.78 is 10.6. The number of hydrogen-bond donors (Lipinski definition) is 0. The van der Waals surface area contributed by atoms with Crippen LogP contribution in [-0.2, 0) is 4.74 Å². The number of aromatic nitrogens is 1. The van der Waals surface area contributed by atoms with Crippen molar-refractivity contribution in [1.82, 2.24) is 4.98 Å². The Morgan fingerprint density at radius 2 is 2.22 bits per heavy atom. The minimum Gasteiger partial charge on any atom is -0.495 e. The third kappa shape index (κ3) is 4.33. The van der Waals surface area contributed by atoms with E-state index in [1.54, 1.807) is 19.2 Å². The first kappa shape index (κ1) is 14.4. The Kier molecular flexibility index (Phi) is 5.09. The number of carbonyl (C=O) groups is 1. The average Bonchev–Trinajstić information content (AvgIpc) is 2.37. The average molecular weight is 265 g/mol. The molecule has 0 saturated carbocycles. The third-order valence-corrected chi connectivity index (χ3v) is 4.38. The van der Waals surface area contributed by atoms with Gasteiger partial charge in [-0.25, -0.2) is 4.79 Å². The Hall–Kier alpha value is -1.62. The molecular weight excluding hydrogens is 246 g/mol. The first-order chi connectivity index (χ1) is 8.48. The highest BCUT2D eigenvalue weighted by molar-refractivity contribution is 6.82. The van der Waals surface area contributed by atoms with Crippen molar-refractivity contribution in [3.63, 3.8) is 0 Å². The van der Waals surface area contributed by atoms with E-state index in [9.17, 15) is 4.79 Å². The summed E-state index contributed by atoms with van der Waals surface area (Å²) in [7, 11) is -1.52. The van der Waals surface area contributed by atoms with Crippen molar-refractivity contribution in [3.05, 3.63) is 36.3 Å². The Morgan fingerprint density at radius 1 is 1.50 bits per heavy atom. The fourth-order valence-corrected chi connectivity index (χ4v) is 1.81. The number of ether oxygens (including phenoxy) is 2. The molecule has 98 valence electrons. The first-order valence-corrected chi connectivity index (χ1v) is 9.15. The lowest BCUT2D eigenvalue weighted by molar-refractivity contribution is 0.0525. The van der Waals surface area contributed by atoms with E-state index in [4.69, 9.17) is 9.47 Å². The minimum absolute atomic E-state index is 0.348. The quantitative estimate of drug-likeness (QED) is 0.586. The number of pyridine rings is 1. The molecule has 0 aliphatic heterocycles. The number of esters is 1. The van der Waals surface area contributed by atoms with Gasteiger partial charge in [-0.15, -0.1) is 6.58 Å². The molecule has 0 aliphatic carbocycles. The van der Waals surface area contributed by atoms with E-state index in [-0.39, 0.29) is 5.97 Å². The van der Waals surface area contributed by atoms with Gasteiger partial charge in [-0.2, -0.15) is 0 Å². The summed E-state index contributed by atoms with van der Waals surface area (Å²) in [6, 6.07) is 1.65. The number of hydrogen-bond acceptors (Lipinski definition) is 4. The van der Waals surface area contributed by atoms with Crippen molar-refractivity contribution in [1.29, 1.82) is 0 Å². The Morgan fingerprint density at radius 3 is 2.83 bits per heavy atom. The number of nitrogens with zero attached hydrogens (tertiary/aromatic N) is 1. The molecule has 0 N–H and O–H groups in total. The lowest BCUT2D eigenvalue weighted by Gasteiger charge is -2.17. The summed E-state index contributed by atoms with van der Waals surface area (Å²) in [6.45, 7) is 10.2. The van der Waals surface area contributed by atoms with E-state index >= 15 is 0 Å². The monoisotopic (exact) mass is 265 g/mol. The molecular formula is C13H19NO3Si. The van der Waals surface area contributed by atoms with Gasteiger partial charge >= 0.3 is 5.97 Å². The second-order valence-corrected chi connectivity index (χ2v) is 9.29. The summed E-state index contributed by atoms with van der Waals surface area (Å²) in [4.78, 5) is 15.5. The summed E-state index contributed by atoms with van der Waals surface area (Å²) in [5, 5.41) is 0. The summed E-state index contributed by atoms with van der Waals surface area (Å²) in [5.74, 6) is 0.207. The summed E-state index contributed by atoms with van der Waals surface area (Å²) in [5.41, 5.74) is 2.38. The van der Waals surface area contributed by atoms with Gasteiger partial charge in [0, 0.05) is 6.20 Å². The standard InChI is InChI=1S/C13H19NO3Si/c1-5-16-13(15)11-7-12(9-14-8-11)17-10-18(3,4)6-2/h6-9H,2,5,10H2,1,3-4H3. The summed E-state index contributed by atoms with van der Waals surface area (Å²) >= 11 is 0.